The van der Waals surface area contributed by atoms with Crippen LogP contribution in [0, 0.1) is 5.92 Å². The predicted octanol–water partition coefficient (Wildman–Crippen LogP) is 1.42. The van der Waals surface area contributed by atoms with E-state index in [1.165, 1.54) is 26.1 Å². The summed E-state index contributed by atoms with van der Waals surface area (Å²) in [5, 5.41) is 0. The molecule has 2 heterocycles. The van der Waals surface area contributed by atoms with E-state index in [9.17, 15) is 0 Å². The molecule has 2 fully saturated rings. The van der Waals surface area contributed by atoms with E-state index in [0.29, 0.717) is 5.54 Å². The van der Waals surface area contributed by atoms with Crippen LogP contribution in [0.25, 0.3) is 0 Å². The summed E-state index contributed by atoms with van der Waals surface area (Å²) in [4.78, 5) is 5.18. The Bertz CT molecular complexity index is 195. The molecule has 0 radical (unpaired) electrons. The van der Waals surface area contributed by atoms with E-state index >= 15 is 0 Å². The maximum Gasteiger partial charge on any atom is 0.0269 e. The summed E-state index contributed by atoms with van der Waals surface area (Å²) in [6, 6.07) is 0.838. The summed E-state index contributed by atoms with van der Waals surface area (Å²) in [5.74, 6) is 0.948. The molecule has 0 aliphatic carbocycles. The summed E-state index contributed by atoms with van der Waals surface area (Å²) in [5.41, 5.74) is 0.366. The summed E-state index contributed by atoms with van der Waals surface area (Å²) < 4.78 is 0. The fourth-order valence-electron chi connectivity index (χ4n) is 3.01. The molecule has 0 spiro atoms. The van der Waals surface area contributed by atoms with Gasteiger partial charge in [0.15, 0.2) is 0 Å². The molecule has 2 unspecified atom stereocenters. The van der Waals surface area contributed by atoms with Gasteiger partial charge in [-0.05, 0) is 46.7 Å². The van der Waals surface area contributed by atoms with Crippen molar-refractivity contribution in [3.05, 3.63) is 0 Å². The Morgan fingerprint density at radius 3 is 2.46 bits per heavy atom. The fraction of sp³-hybridized carbons (Fsp3) is 1.00. The minimum atomic E-state index is 0.366. The lowest BCUT2D eigenvalue weighted by molar-refractivity contribution is 0.115. The summed E-state index contributed by atoms with van der Waals surface area (Å²) in [7, 11) is 2.25. The Kier molecular flexibility index (Phi) is 2.16. The SMILES string of the molecule is CN1CC2CCN(C(C)(C)C)C2C1. The van der Waals surface area contributed by atoms with Gasteiger partial charge in [-0.25, -0.2) is 0 Å². The lowest BCUT2D eigenvalue weighted by atomic mass is 10.0. The van der Waals surface area contributed by atoms with Crippen LogP contribution in [0.1, 0.15) is 27.2 Å². The molecule has 2 heteroatoms. The normalized spacial score (nSPS) is 36.9. The minimum absolute atomic E-state index is 0.366. The highest BCUT2D eigenvalue weighted by molar-refractivity contribution is 4.99. The molecular weight excluding hydrogens is 160 g/mol. The van der Waals surface area contributed by atoms with Gasteiger partial charge in [0.2, 0.25) is 0 Å². The van der Waals surface area contributed by atoms with Crippen LogP contribution in [0.15, 0.2) is 0 Å². The van der Waals surface area contributed by atoms with Crippen molar-refractivity contribution >= 4 is 0 Å². The molecule has 0 N–H and O–H groups in total. The first-order valence-electron chi connectivity index (χ1n) is 5.44. The Hall–Kier alpha value is -0.0800. The van der Waals surface area contributed by atoms with Crippen molar-refractivity contribution in [2.75, 3.05) is 26.7 Å². The average Bonchev–Trinajstić information content (AvgIpc) is 2.41. The summed E-state index contributed by atoms with van der Waals surface area (Å²) in [6.07, 6.45) is 1.41. The molecule has 13 heavy (non-hydrogen) atoms. The van der Waals surface area contributed by atoms with Crippen molar-refractivity contribution < 1.29 is 0 Å². The third-order valence-corrected chi connectivity index (χ3v) is 3.59. The van der Waals surface area contributed by atoms with Gasteiger partial charge >= 0.3 is 0 Å². The minimum Gasteiger partial charge on any atom is -0.304 e. The zero-order chi connectivity index (χ0) is 9.64. The van der Waals surface area contributed by atoms with Crippen LogP contribution in [-0.2, 0) is 0 Å². The monoisotopic (exact) mass is 182 g/mol. The summed E-state index contributed by atoms with van der Waals surface area (Å²) >= 11 is 0. The zero-order valence-corrected chi connectivity index (χ0v) is 9.38. The molecule has 2 aliphatic rings. The van der Waals surface area contributed by atoms with Gasteiger partial charge in [-0.15, -0.1) is 0 Å². The maximum atomic E-state index is 2.70. The fourth-order valence-corrected chi connectivity index (χ4v) is 3.01. The molecule has 0 aromatic heterocycles. The number of fused-ring (bicyclic) bond motifs is 1. The lowest BCUT2D eigenvalue weighted by Gasteiger charge is -2.36. The molecule has 0 aromatic carbocycles. The van der Waals surface area contributed by atoms with E-state index in [1.807, 2.05) is 0 Å². The topological polar surface area (TPSA) is 6.48 Å². The first kappa shape index (κ1) is 9.47. The van der Waals surface area contributed by atoms with Gasteiger partial charge < -0.3 is 4.90 Å². The molecule has 2 saturated heterocycles. The van der Waals surface area contributed by atoms with Gasteiger partial charge in [0.25, 0.3) is 0 Å². The molecule has 76 valence electrons. The average molecular weight is 182 g/mol. The highest BCUT2D eigenvalue weighted by Crippen LogP contribution is 2.35. The Morgan fingerprint density at radius 1 is 1.15 bits per heavy atom. The standard InChI is InChI=1S/C11H22N2/c1-11(2,3)13-6-5-9-7-12(4)8-10(9)13/h9-10H,5-8H2,1-4H3. The van der Waals surface area contributed by atoms with Crippen molar-refractivity contribution in [3.63, 3.8) is 0 Å². The molecule has 2 nitrogen and oxygen atoms in total. The van der Waals surface area contributed by atoms with E-state index in [4.69, 9.17) is 0 Å². The van der Waals surface area contributed by atoms with Gasteiger partial charge in [-0.1, -0.05) is 0 Å². The number of likely N-dealkylation sites (N-methyl/N-ethyl adjacent to an activating group) is 1. The van der Waals surface area contributed by atoms with E-state index in [1.54, 1.807) is 0 Å². The lowest BCUT2D eigenvalue weighted by Crippen LogP contribution is -2.46. The van der Waals surface area contributed by atoms with Gasteiger partial charge in [0.1, 0.15) is 0 Å². The van der Waals surface area contributed by atoms with Crippen LogP contribution in [-0.4, -0.2) is 48.1 Å². The second kappa shape index (κ2) is 2.96. The van der Waals surface area contributed by atoms with E-state index < -0.39 is 0 Å². The maximum absolute atomic E-state index is 2.70. The quantitative estimate of drug-likeness (QED) is 0.559. The smallest absolute Gasteiger partial charge is 0.0269 e. The number of rotatable bonds is 0. The first-order valence-corrected chi connectivity index (χ1v) is 5.44. The van der Waals surface area contributed by atoms with Crippen molar-refractivity contribution in [2.24, 2.45) is 5.92 Å². The highest BCUT2D eigenvalue weighted by Gasteiger charge is 2.43. The van der Waals surface area contributed by atoms with Crippen molar-refractivity contribution in [1.82, 2.24) is 9.80 Å². The second-order valence-electron chi connectivity index (χ2n) is 5.70. The van der Waals surface area contributed by atoms with Crippen LogP contribution >= 0.6 is 0 Å². The molecule has 0 aromatic rings. The Morgan fingerprint density at radius 2 is 1.85 bits per heavy atom. The molecular formula is C11H22N2. The number of nitrogens with zero attached hydrogens (tertiary/aromatic N) is 2. The van der Waals surface area contributed by atoms with Crippen LogP contribution in [0.5, 0.6) is 0 Å². The molecule has 0 saturated carbocycles. The van der Waals surface area contributed by atoms with Gasteiger partial charge in [0.05, 0.1) is 0 Å². The number of hydrogen-bond acceptors (Lipinski definition) is 2. The summed E-state index contributed by atoms with van der Waals surface area (Å²) in [6.45, 7) is 10.9. The molecule has 2 atom stereocenters. The van der Waals surface area contributed by atoms with Crippen LogP contribution in [0.4, 0.5) is 0 Å². The van der Waals surface area contributed by atoms with Gasteiger partial charge in [0, 0.05) is 24.7 Å². The Labute approximate surface area is 81.9 Å². The van der Waals surface area contributed by atoms with Gasteiger partial charge in [-0.3, -0.25) is 4.90 Å². The largest absolute Gasteiger partial charge is 0.304 e. The van der Waals surface area contributed by atoms with Crippen molar-refractivity contribution in [1.29, 1.82) is 0 Å². The van der Waals surface area contributed by atoms with Gasteiger partial charge in [-0.2, -0.15) is 0 Å². The van der Waals surface area contributed by atoms with E-state index in [2.05, 4.69) is 37.6 Å². The number of hydrogen-bond donors (Lipinski definition) is 0. The van der Waals surface area contributed by atoms with Crippen LogP contribution in [0.3, 0.4) is 0 Å². The zero-order valence-electron chi connectivity index (χ0n) is 9.38. The highest BCUT2D eigenvalue weighted by atomic mass is 15.3. The van der Waals surface area contributed by atoms with Crippen molar-refractivity contribution in [3.8, 4) is 0 Å². The number of likely N-dealkylation sites (tertiary alicyclic amines) is 2. The van der Waals surface area contributed by atoms with Crippen LogP contribution < -0.4 is 0 Å². The Balaban J connectivity index is 2.09. The third-order valence-electron chi connectivity index (χ3n) is 3.59. The van der Waals surface area contributed by atoms with E-state index in [0.717, 1.165) is 12.0 Å². The van der Waals surface area contributed by atoms with Crippen molar-refractivity contribution in [2.45, 2.75) is 38.8 Å². The van der Waals surface area contributed by atoms with E-state index in [-0.39, 0.29) is 0 Å². The molecule has 2 aliphatic heterocycles. The molecule has 0 bridgehead atoms. The molecule has 2 rings (SSSR count). The first-order chi connectivity index (χ1) is 5.98. The second-order valence-corrected chi connectivity index (χ2v) is 5.70. The third kappa shape index (κ3) is 1.62. The van der Waals surface area contributed by atoms with Crippen LogP contribution in [0.2, 0.25) is 0 Å². The molecule has 0 amide bonds. The predicted molar refractivity (Wildman–Crippen MR) is 55.9 cm³/mol.